The third kappa shape index (κ3) is 3.75. The maximum Gasteiger partial charge on any atom is 0.0731 e. The zero-order valence-electron chi connectivity index (χ0n) is 29.0. The van der Waals surface area contributed by atoms with Crippen molar-refractivity contribution in [1.82, 2.24) is 0 Å². The molecule has 0 heteroatoms. The van der Waals surface area contributed by atoms with E-state index in [-0.39, 0.29) is 5.41 Å². The van der Waals surface area contributed by atoms with Gasteiger partial charge in [-0.1, -0.05) is 182 Å². The Hall–Kier alpha value is -6.76. The predicted octanol–water partition coefficient (Wildman–Crippen LogP) is 14.0. The van der Waals surface area contributed by atoms with E-state index in [4.69, 9.17) is 0 Å². The van der Waals surface area contributed by atoms with Crippen LogP contribution in [-0.2, 0) is 5.41 Å². The first-order valence-corrected chi connectivity index (χ1v) is 18.6. The van der Waals surface area contributed by atoms with Gasteiger partial charge in [0, 0.05) is 0 Å². The Balaban J connectivity index is 1.14. The fourth-order valence-electron chi connectivity index (χ4n) is 10.2. The summed E-state index contributed by atoms with van der Waals surface area (Å²) in [5.41, 5.74) is 15.6. The van der Waals surface area contributed by atoms with Crippen molar-refractivity contribution in [2.75, 3.05) is 0 Å². The summed E-state index contributed by atoms with van der Waals surface area (Å²) in [6.45, 7) is 0. The van der Waals surface area contributed by atoms with Gasteiger partial charge in [-0.2, -0.15) is 0 Å². The highest BCUT2D eigenvalue weighted by molar-refractivity contribution is 6.22. The number of fused-ring (bicyclic) bond motifs is 15. The molecule has 0 nitrogen and oxygen atoms in total. The highest BCUT2D eigenvalue weighted by atomic mass is 14.5. The molecule has 0 heterocycles. The van der Waals surface area contributed by atoms with Gasteiger partial charge < -0.3 is 0 Å². The molecule has 0 amide bonds. The lowest BCUT2D eigenvalue weighted by atomic mass is 9.69. The van der Waals surface area contributed by atoms with E-state index in [0.29, 0.717) is 0 Å². The Morgan fingerprint density at radius 2 is 0.679 bits per heavy atom. The molecule has 1 spiro atoms. The average Bonchev–Trinajstić information content (AvgIpc) is 3.70. The quantitative estimate of drug-likeness (QED) is 0.161. The zero-order valence-corrected chi connectivity index (χ0v) is 29.0. The van der Waals surface area contributed by atoms with Crippen LogP contribution < -0.4 is 0 Å². The molecule has 0 radical (unpaired) electrons. The van der Waals surface area contributed by atoms with E-state index < -0.39 is 0 Å². The van der Waals surface area contributed by atoms with Gasteiger partial charge in [-0.15, -0.1) is 0 Å². The van der Waals surface area contributed by atoms with E-state index in [1.165, 1.54) is 110 Å². The van der Waals surface area contributed by atoms with E-state index >= 15 is 0 Å². The van der Waals surface area contributed by atoms with Crippen LogP contribution in [0.2, 0.25) is 0 Å². The Kier molecular flexibility index (Phi) is 5.80. The number of benzene rings is 10. The van der Waals surface area contributed by atoms with Crippen LogP contribution >= 0.6 is 0 Å². The van der Waals surface area contributed by atoms with Gasteiger partial charge >= 0.3 is 0 Å². The smallest absolute Gasteiger partial charge is 0.0619 e. The fraction of sp³-hybridized carbons (Fsp3) is 0.0189. The lowest BCUT2D eigenvalue weighted by Gasteiger charge is -2.31. The number of hydrogen-bond donors (Lipinski definition) is 0. The van der Waals surface area contributed by atoms with Crippen molar-refractivity contribution < 1.29 is 0 Å². The van der Waals surface area contributed by atoms with Crippen molar-refractivity contribution in [3.05, 3.63) is 216 Å². The summed E-state index contributed by atoms with van der Waals surface area (Å²) in [5, 5.41) is 10.2. The molecule has 0 fully saturated rings. The highest BCUT2D eigenvalue weighted by Crippen LogP contribution is 2.64. The molecule has 0 aromatic heterocycles. The largest absolute Gasteiger partial charge is 0.0731 e. The second-order valence-corrected chi connectivity index (χ2v) is 14.7. The van der Waals surface area contributed by atoms with Gasteiger partial charge in [-0.3, -0.25) is 0 Å². The normalized spacial score (nSPS) is 13.4. The second-order valence-electron chi connectivity index (χ2n) is 14.7. The Morgan fingerprint density at radius 3 is 1.25 bits per heavy atom. The van der Waals surface area contributed by atoms with Crippen molar-refractivity contribution in [3.8, 4) is 44.5 Å². The first kappa shape index (κ1) is 28.9. The van der Waals surface area contributed by atoms with E-state index in [1.807, 2.05) is 0 Å². The third-order valence-electron chi connectivity index (χ3n) is 12.2. The molecule has 2 aliphatic carbocycles. The summed E-state index contributed by atoms with van der Waals surface area (Å²) in [6.07, 6.45) is 0. The van der Waals surface area contributed by atoms with Crippen LogP contribution in [-0.4, -0.2) is 0 Å². The fourth-order valence-corrected chi connectivity index (χ4v) is 10.2. The van der Waals surface area contributed by atoms with Gasteiger partial charge in [0.15, 0.2) is 0 Å². The summed E-state index contributed by atoms with van der Waals surface area (Å²) in [6, 6.07) is 72.8. The molecule has 0 aliphatic heterocycles. The SMILES string of the molecule is c1ccc2c(c1)-c1ccccc1C21c2ccccc2-c2ccc3cc(-c4c5ccccc5c(-c5ccc6ccccc6c5)c5ccccc45)ccc3c21. The zero-order chi connectivity index (χ0) is 34.7. The van der Waals surface area contributed by atoms with Crippen LogP contribution in [0.1, 0.15) is 22.3 Å². The summed E-state index contributed by atoms with van der Waals surface area (Å²) < 4.78 is 0. The van der Waals surface area contributed by atoms with Crippen LogP contribution in [0.3, 0.4) is 0 Å². The molecule has 53 heavy (non-hydrogen) atoms. The standard InChI is InChI=1S/C53H32/c1-2-14-34-31-36(26-25-33(34)13-1)50-42-18-3-5-20-44(42)51(45-21-6-4-19-43(45)50)37-28-29-38-35(32-37)27-30-46-41-17-9-12-24-49(41)53(52(38)46)47-22-10-7-15-39(47)40-16-8-11-23-48(40)53/h1-32H. The minimum Gasteiger partial charge on any atom is -0.0619 e. The molecule has 0 saturated heterocycles. The lowest BCUT2D eigenvalue weighted by molar-refractivity contribution is 0.801. The molecule has 12 rings (SSSR count). The molecule has 2 aliphatic rings. The van der Waals surface area contributed by atoms with E-state index in [0.717, 1.165) is 0 Å². The maximum absolute atomic E-state index is 2.45. The average molecular weight is 669 g/mol. The van der Waals surface area contributed by atoms with Crippen LogP contribution in [0.4, 0.5) is 0 Å². The summed E-state index contributed by atoms with van der Waals surface area (Å²) in [4.78, 5) is 0. The van der Waals surface area contributed by atoms with Gasteiger partial charge in [0.2, 0.25) is 0 Å². The Bertz CT molecular complexity index is 3060. The van der Waals surface area contributed by atoms with Crippen LogP contribution in [0.15, 0.2) is 194 Å². The summed E-state index contributed by atoms with van der Waals surface area (Å²) in [7, 11) is 0. The topological polar surface area (TPSA) is 0 Å². The second kappa shape index (κ2) is 10.6. The monoisotopic (exact) mass is 668 g/mol. The highest BCUT2D eigenvalue weighted by Gasteiger charge is 2.52. The first-order valence-electron chi connectivity index (χ1n) is 18.6. The van der Waals surface area contributed by atoms with E-state index in [2.05, 4.69) is 194 Å². The summed E-state index contributed by atoms with van der Waals surface area (Å²) in [5.74, 6) is 0. The van der Waals surface area contributed by atoms with Crippen molar-refractivity contribution in [2.24, 2.45) is 0 Å². The molecule has 10 aromatic rings. The molecule has 0 saturated carbocycles. The van der Waals surface area contributed by atoms with Crippen molar-refractivity contribution >= 4 is 43.1 Å². The Morgan fingerprint density at radius 1 is 0.264 bits per heavy atom. The number of rotatable bonds is 2. The van der Waals surface area contributed by atoms with Crippen molar-refractivity contribution in [1.29, 1.82) is 0 Å². The van der Waals surface area contributed by atoms with Gasteiger partial charge in [0.1, 0.15) is 0 Å². The van der Waals surface area contributed by atoms with Crippen LogP contribution in [0.25, 0.3) is 87.6 Å². The Labute approximate surface area is 308 Å². The van der Waals surface area contributed by atoms with Gasteiger partial charge in [0.25, 0.3) is 0 Å². The summed E-state index contributed by atoms with van der Waals surface area (Å²) >= 11 is 0. The van der Waals surface area contributed by atoms with Crippen molar-refractivity contribution in [3.63, 3.8) is 0 Å². The van der Waals surface area contributed by atoms with E-state index in [1.54, 1.807) is 0 Å². The van der Waals surface area contributed by atoms with Crippen LogP contribution in [0.5, 0.6) is 0 Å². The van der Waals surface area contributed by atoms with Crippen molar-refractivity contribution in [2.45, 2.75) is 5.41 Å². The van der Waals surface area contributed by atoms with Crippen LogP contribution in [0, 0.1) is 0 Å². The van der Waals surface area contributed by atoms with Gasteiger partial charge in [-0.25, -0.2) is 0 Å². The molecule has 0 atom stereocenters. The minimum atomic E-state index is -0.374. The molecular weight excluding hydrogens is 637 g/mol. The maximum atomic E-state index is 2.45. The minimum absolute atomic E-state index is 0.374. The molecule has 0 bridgehead atoms. The first-order chi connectivity index (χ1) is 26.3. The molecular formula is C53H32. The predicted molar refractivity (Wildman–Crippen MR) is 224 cm³/mol. The molecule has 10 aromatic carbocycles. The van der Waals surface area contributed by atoms with Gasteiger partial charge in [0.05, 0.1) is 5.41 Å². The molecule has 244 valence electrons. The lowest BCUT2D eigenvalue weighted by Crippen LogP contribution is -2.26. The number of hydrogen-bond acceptors (Lipinski definition) is 0. The third-order valence-corrected chi connectivity index (χ3v) is 12.2. The molecule has 0 N–H and O–H groups in total. The van der Waals surface area contributed by atoms with Gasteiger partial charge in [-0.05, 0) is 122 Å². The van der Waals surface area contributed by atoms with E-state index in [9.17, 15) is 0 Å². The molecule has 0 unspecified atom stereocenters.